The van der Waals surface area contributed by atoms with Crippen LogP contribution in [0.1, 0.15) is 34.7 Å². The maximum atomic E-state index is 5.85. The van der Waals surface area contributed by atoms with Crippen LogP contribution in [0.25, 0.3) is 0 Å². The molecular weight excluding hydrogens is 352 g/mol. The first kappa shape index (κ1) is 20.5. The van der Waals surface area contributed by atoms with Crippen molar-refractivity contribution in [2.24, 2.45) is 0 Å². The first-order valence-corrected chi connectivity index (χ1v) is 9.90. The van der Waals surface area contributed by atoms with Crippen molar-refractivity contribution in [2.45, 2.75) is 26.3 Å². The summed E-state index contributed by atoms with van der Waals surface area (Å²) in [5.41, 5.74) is 4.93. The van der Waals surface area contributed by atoms with E-state index in [1.54, 1.807) is 21.3 Å². The van der Waals surface area contributed by atoms with Crippen LogP contribution < -0.4 is 19.5 Å². The minimum Gasteiger partial charge on any atom is -0.493 e. The highest BCUT2D eigenvalue weighted by molar-refractivity contribution is 5.58. The van der Waals surface area contributed by atoms with Crippen molar-refractivity contribution in [3.05, 3.63) is 52.6 Å². The van der Waals surface area contributed by atoms with Gasteiger partial charge in [0.15, 0.2) is 11.5 Å². The standard InChI is InChI=1S/C23H32N2O3/c1-16-13-17(2)15-18(14-16)21(25-11-6-9-24-10-12-25)19-7-8-20(26-3)23(28-5)22(19)27-4/h7-8,13-15,21,24H,6,9-12H2,1-5H3. The number of hydrogen-bond donors (Lipinski definition) is 1. The van der Waals surface area contributed by atoms with Gasteiger partial charge in [-0.05, 0) is 44.5 Å². The van der Waals surface area contributed by atoms with Gasteiger partial charge < -0.3 is 19.5 Å². The zero-order chi connectivity index (χ0) is 20.1. The molecule has 1 atom stereocenters. The maximum Gasteiger partial charge on any atom is 0.203 e. The number of nitrogens with one attached hydrogen (secondary N) is 1. The predicted molar refractivity (Wildman–Crippen MR) is 113 cm³/mol. The molecule has 2 aromatic carbocycles. The highest BCUT2D eigenvalue weighted by Gasteiger charge is 2.29. The largest absolute Gasteiger partial charge is 0.493 e. The molecule has 5 nitrogen and oxygen atoms in total. The van der Waals surface area contributed by atoms with Gasteiger partial charge in [-0.1, -0.05) is 29.3 Å². The molecule has 0 aliphatic carbocycles. The highest BCUT2D eigenvalue weighted by atomic mass is 16.5. The Bertz CT molecular complexity index is 778. The van der Waals surface area contributed by atoms with Gasteiger partial charge in [-0.2, -0.15) is 0 Å². The summed E-state index contributed by atoms with van der Waals surface area (Å²) >= 11 is 0. The van der Waals surface area contributed by atoms with Crippen LogP contribution in [0.2, 0.25) is 0 Å². The van der Waals surface area contributed by atoms with Crippen LogP contribution in [0.3, 0.4) is 0 Å². The lowest BCUT2D eigenvalue weighted by Crippen LogP contribution is -2.33. The van der Waals surface area contributed by atoms with E-state index in [0.717, 1.165) is 43.9 Å². The molecule has 1 unspecified atom stereocenters. The van der Waals surface area contributed by atoms with Crippen LogP contribution in [-0.2, 0) is 0 Å². The molecule has 0 bridgehead atoms. The molecule has 1 heterocycles. The lowest BCUT2D eigenvalue weighted by atomic mass is 9.93. The van der Waals surface area contributed by atoms with E-state index in [9.17, 15) is 0 Å². The molecule has 1 aliphatic rings. The van der Waals surface area contributed by atoms with Gasteiger partial charge in [0, 0.05) is 25.2 Å². The van der Waals surface area contributed by atoms with Crippen LogP contribution in [0.4, 0.5) is 0 Å². The van der Waals surface area contributed by atoms with E-state index in [0.29, 0.717) is 11.5 Å². The summed E-state index contributed by atoms with van der Waals surface area (Å²) in [6.07, 6.45) is 1.12. The van der Waals surface area contributed by atoms with E-state index in [2.05, 4.69) is 48.3 Å². The first-order valence-electron chi connectivity index (χ1n) is 9.90. The Balaban J connectivity index is 2.18. The molecule has 0 aromatic heterocycles. The minimum atomic E-state index is 0.0910. The topological polar surface area (TPSA) is 43.0 Å². The van der Waals surface area contributed by atoms with Crippen molar-refractivity contribution in [3.8, 4) is 17.2 Å². The molecule has 2 aromatic rings. The van der Waals surface area contributed by atoms with Crippen LogP contribution >= 0.6 is 0 Å². The second-order valence-corrected chi connectivity index (χ2v) is 7.39. The molecule has 28 heavy (non-hydrogen) atoms. The van der Waals surface area contributed by atoms with Crippen LogP contribution in [0, 0.1) is 13.8 Å². The van der Waals surface area contributed by atoms with Crippen molar-refractivity contribution in [1.29, 1.82) is 0 Å². The lowest BCUT2D eigenvalue weighted by Gasteiger charge is -2.33. The molecule has 152 valence electrons. The quantitative estimate of drug-likeness (QED) is 0.822. The third kappa shape index (κ3) is 4.26. The second-order valence-electron chi connectivity index (χ2n) is 7.39. The van der Waals surface area contributed by atoms with Gasteiger partial charge in [0.1, 0.15) is 0 Å². The Kier molecular flexibility index (Phi) is 6.81. The summed E-state index contributed by atoms with van der Waals surface area (Å²) in [6, 6.07) is 11.0. The molecular formula is C23H32N2O3. The van der Waals surface area contributed by atoms with Gasteiger partial charge in [0.25, 0.3) is 0 Å². The van der Waals surface area contributed by atoms with Crippen molar-refractivity contribution in [2.75, 3.05) is 47.5 Å². The monoisotopic (exact) mass is 384 g/mol. The summed E-state index contributed by atoms with van der Waals surface area (Å²) in [5.74, 6) is 2.06. The molecule has 0 saturated carbocycles. The Labute approximate surface area is 168 Å². The first-order chi connectivity index (χ1) is 13.6. The van der Waals surface area contributed by atoms with Gasteiger partial charge >= 0.3 is 0 Å². The Morgan fingerprint density at radius 1 is 0.857 bits per heavy atom. The van der Waals surface area contributed by atoms with E-state index in [1.165, 1.54) is 16.7 Å². The van der Waals surface area contributed by atoms with Crippen molar-refractivity contribution in [1.82, 2.24) is 10.2 Å². The van der Waals surface area contributed by atoms with Gasteiger partial charge in [-0.25, -0.2) is 0 Å². The van der Waals surface area contributed by atoms with Crippen molar-refractivity contribution in [3.63, 3.8) is 0 Å². The molecule has 1 saturated heterocycles. The zero-order valence-corrected chi connectivity index (χ0v) is 17.7. The predicted octanol–water partition coefficient (Wildman–Crippen LogP) is 3.71. The molecule has 0 radical (unpaired) electrons. The number of aryl methyl sites for hydroxylation is 2. The fourth-order valence-corrected chi connectivity index (χ4v) is 4.22. The van der Waals surface area contributed by atoms with Gasteiger partial charge in [0.05, 0.1) is 27.4 Å². The average molecular weight is 385 g/mol. The van der Waals surface area contributed by atoms with Crippen LogP contribution in [0.15, 0.2) is 30.3 Å². The second kappa shape index (κ2) is 9.30. The highest BCUT2D eigenvalue weighted by Crippen LogP contribution is 2.45. The van der Waals surface area contributed by atoms with E-state index in [-0.39, 0.29) is 6.04 Å². The third-order valence-corrected chi connectivity index (χ3v) is 5.33. The summed E-state index contributed by atoms with van der Waals surface area (Å²) in [4.78, 5) is 2.54. The lowest BCUT2D eigenvalue weighted by molar-refractivity contribution is 0.233. The number of benzene rings is 2. The van der Waals surface area contributed by atoms with Crippen molar-refractivity contribution >= 4 is 0 Å². The molecule has 0 amide bonds. The van der Waals surface area contributed by atoms with Gasteiger partial charge in [-0.15, -0.1) is 0 Å². The number of ether oxygens (including phenoxy) is 3. The Morgan fingerprint density at radius 3 is 2.21 bits per heavy atom. The molecule has 1 fully saturated rings. The number of hydrogen-bond acceptors (Lipinski definition) is 5. The minimum absolute atomic E-state index is 0.0910. The molecule has 1 N–H and O–H groups in total. The molecule has 0 spiro atoms. The summed E-state index contributed by atoms with van der Waals surface area (Å²) < 4.78 is 17.0. The Morgan fingerprint density at radius 2 is 1.57 bits per heavy atom. The van der Waals surface area contributed by atoms with Crippen molar-refractivity contribution < 1.29 is 14.2 Å². The average Bonchev–Trinajstić information content (AvgIpc) is 2.96. The molecule has 5 heteroatoms. The summed E-state index contributed by atoms with van der Waals surface area (Å²) in [6.45, 7) is 8.36. The summed E-state index contributed by atoms with van der Waals surface area (Å²) in [7, 11) is 5.01. The fourth-order valence-electron chi connectivity index (χ4n) is 4.22. The Hall–Kier alpha value is -2.24. The molecule has 1 aliphatic heterocycles. The molecule has 3 rings (SSSR count). The SMILES string of the molecule is COc1ccc(C(c2cc(C)cc(C)c2)N2CCCNCC2)c(OC)c1OC. The third-order valence-electron chi connectivity index (χ3n) is 5.33. The zero-order valence-electron chi connectivity index (χ0n) is 17.7. The van der Waals surface area contributed by atoms with E-state index < -0.39 is 0 Å². The van der Waals surface area contributed by atoms with Gasteiger partial charge in [0.2, 0.25) is 5.75 Å². The van der Waals surface area contributed by atoms with E-state index in [4.69, 9.17) is 14.2 Å². The fraction of sp³-hybridized carbons (Fsp3) is 0.478. The number of rotatable bonds is 6. The normalized spacial score (nSPS) is 16.3. The smallest absolute Gasteiger partial charge is 0.203 e. The summed E-state index contributed by atoms with van der Waals surface area (Å²) in [5, 5.41) is 3.51. The van der Waals surface area contributed by atoms with Crippen LogP contribution in [0.5, 0.6) is 17.2 Å². The van der Waals surface area contributed by atoms with E-state index in [1.807, 2.05) is 6.07 Å². The maximum absolute atomic E-state index is 5.85. The van der Waals surface area contributed by atoms with Crippen LogP contribution in [-0.4, -0.2) is 52.4 Å². The van der Waals surface area contributed by atoms with E-state index >= 15 is 0 Å². The number of nitrogens with zero attached hydrogens (tertiary/aromatic N) is 1. The van der Waals surface area contributed by atoms with Gasteiger partial charge in [-0.3, -0.25) is 4.90 Å². The number of methoxy groups -OCH3 is 3.